The third-order valence-electron chi connectivity index (χ3n) is 2.89. The first-order valence-electron chi connectivity index (χ1n) is 5.36. The first-order chi connectivity index (χ1) is 8.27. The van der Waals surface area contributed by atoms with Crippen molar-refractivity contribution < 1.29 is 4.79 Å². The van der Waals surface area contributed by atoms with Gasteiger partial charge in [0.05, 0.1) is 5.52 Å². The van der Waals surface area contributed by atoms with Gasteiger partial charge in [0.15, 0.2) is 0 Å². The Morgan fingerprint density at radius 3 is 2.76 bits per heavy atom. The van der Waals surface area contributed by atoms with Crippen LogP contribution in [0.2, 0.25) is 0 Å². The Kier molecular flexibility index (Phi) is 2.08. The van der Waals surface area contributed by atoms with E-state index < -0.39 is 0 Å². The topological polar surface area (TPSA) is 60.9 Å². The van der Waals surface area contributed by atoms with Crippen LogP contribution in [0.3, 0.4) is 0 Å². The van der Waals surface area contributed by atoms with E-state index in [0.29, 0.717) is 0 Å². The average molecular weight is 225 g/mol. The van der Waals surface area contributed by atoms with E-state index in [0.717, 1.165) is 21.8 Å². The molecule has 0 unspecified atom stereocenters. The Labute approximate surface area is 97.7 Å². The van der Waals surface area contributed by atoms with Gasteiger partial charge in [-0.05, 0) is 12.1 Å². The fourth-order valence-electron chi connectivity index (χ4n) is 2.22. The number of primary amides is 1. The van der Waals surface area contributed by atoms with E-state index in [9.17, 15) is 4.79 Å². The number of benzene rings is 1. The molecule has 0 aliphatic rings. The number of hydrogen-bond acceptors (Lipinski definition) is 2. The second-order valence-corrected chi connectivity index (χ2v) is 3.96. The SMILES string of the molecule is NC(=O)Cn1c2ccccc2c2cnccc21. The summed E-state index contributed by atoms with van der Waals surface area (Å²) in [6, 6.07) is 9.84. The molecule has 0 aliphatic carbocycles. The van der Waals surface area contributed by atoms with Gasteiger partial charge in [-0.3, -0.25) is 9.78 Å². The summed E-state index contributed by atoms with van der Waals surface area (Å²) < 4.78 is 1.93. The third-order valence-corrected chi connectivity index (χ3v) is 2.89. The minimum absolute atomic E-state index is 0.189. The van der Waals surface area contributed by atoms with E-state index in [1.54, 1.807) is 6.20 Å². The van der Waals surface area contributed by atoms with Crippen LogP contribution < -0.4 is 5.73 Å². The van der Waals surface area contributed by atoms with Crippen molar-refractivity contribution in [3.8, 4) is 0 Å². The van der Waals surface area contributed by atoms with Crippen molar-refractivity contribution in [2.45, 2.75) is 6.54 Å². The number of aromatic nitrogens is 2. The predicted molar refractivity (Wildman–Crippen MR) is 66.4 cm³/mol. The molecule has 2 heterocycles. The highest BCUT2D eigenvalue weighted by molar-refractivity contribution is 6.08. The molecular weight excluding hydrogens is 214 g/mol. The molecule has 1 aromatic carbocycles. The van der Waals surface area contributed by atoms with Crippen LogP contribution in [0.1, 0.15) is 0 Å². The fourth-order valence-corrected chi connectivity index (χ4v) is 2.22. The lowest BCUT2D eigenvalue weighted by Crippen LogP contribution is -2.18. The standard InChI is InChI=1S/C13H11N3O/c14-13(17)8-16-11-4-2-1-3-9(11)10-7-15-6-5-12(10)16/h1-7H,8H2,(H2,14,17). The van der Waals surface area contributed by atoms with Gasteiger partial charge in [-0.15, -0.1) is 0 Å². The Balaban J connectivity index is 2.45. The highest BCUT2D eigenvalue weighted by Crippen LogP contribution is 2.27. The van der Waals surface area contributed by atoms with Crippen molar-refractivity contribution in [2.24, 2.45) is 5.73 Å². The monoisotopic (exact) mass is 225 g/mol. The Morgan fingerprint density at radius 1 is 1.18 bits per heavy atom. The number of fused-ring (bicyclic) bond motifs is 3. The van der Waals surface area contributed by atoms with Crippen molar-refractivity contribution in [3.63, 3.8) is 0 Å². The van der Waals surface area contributed by atoms with Crippen molar-refractivity contribution in [3.05, 3.63) is 42.7 Å². The number of carbonyl (C=O) groups excluding carboxylic acids is 1. The Morgan fingerprint density at radius 2 is 1.94 bits per heavy atom. The van der Waals surface area contributed by atoms with Crippen LogP contribution in [0.4, 0.5) is 0 Å². The van der Waals surface area contributed by atoms with E-state index in [1.807, 2.05) is 41.1 Å². The fraction of sp³-hybridized carbons (Fsp3) is 0.0769. The lowest BCUT2D eigenvalue weighted by atomic mass is 10.2. The van der Waals surface area contributed by atoms with Crippen LogP contribution >= 0.6 is 0 Å². The van der Waals surface area contributed by atoms with Crippen LogP contribution in [0.5, 0.6) is 0 Å². The first kappa shape index (κ1) is 9.84. The molecule has 0 spiro atoms. The van der Waals surface area contributed by atoms with E-state index >= 15 is 0 Å². The lowest BCUT2D eigenvalue weighted by molar-refractivity contribution is -0.118. The maximum absolute atomic E-state index is 11.1. The summed E-state index contributed by atoms with van der Waals surface area (Å²) in [6.45, 7) is 0.189. The molecule has 2 aromatic heterocycles. The summed E-state index contributed by atoms with van der Waals surface area (Å²) in [7, 11) is 0. The quantitative estimate of drug-likeness (QED) is 0.721. The summed E-state index contributed by atoms with van der Waals surface area (Å²) in [4.78, 5) is 15.3. The van der Waals surface area contributed by atoms with Crippen LogP contribution in [0.15, 0.2) is 42.7 Å². The van der Waals surface area contributed by atoms with Crippen molar-refractivity contribution in [1.29, 1.82) is 0 Å². The second kappa shape index (κ2) is 3.59. The molecule has 17 heavy (non-hydrogen) atoms. The second-order valence-electron chi connectivity index (χ2n) is 3.96. The number of nitrogens with zero attached hydrogens (tertiary/aromatic N) is 2. The van der Waals surface area contributed by atoms with Gasteiger partial charge < -0.3 is 10.3 Å². The average Bonchev–Trinajstić information content (AvgIpc) is 2.65. The van der Waals surface area contributed by atoms with Gasteiger partial charge in [-0.1, -0.05) is 18.2 Å². The van der Waals surface area contributed by atoms with Crippen LogP contribution in [0, 0.1) is 0 Å². The number of para-hydroxylation sites is 1. The molecule has 84 valence electrons. The molecule has 0 saturated carbocycles. The predicted octanol–water partition coefficient (Wildman–Crippen LogP) is 1.67. The lowest BCUT2D eigenvalue weighted by Gasteiger charge is -2.03. The number of rotatable bonds is 2. The summed E-state index contributed by atoms with van der Waals surface area (Å²) in [5, 5.41) is 2.14. The van der Waals surface area contributed by atoms with Gasteiger partial charge in [0, 0.05) is 28.7 Å². The third kappa shape index (κ3) is 1.45. The molecule has 0 saturated heterocycles. The zero-order chi connectivity index (χ0) is 11.8. The molecule has 3 aromatic rings. The summed E-state index contributed by atoms with van der Waals surface area (Å²) in [6.07, 6.45) is 3.54. The van der Waals surface area contributed by atoms with Gasteiger partial charge in [0.25, 0.3) is 0 Å². The van der Waals surface area contributed by atoms with Gasteiger partial charge in [-0.25, -0.2) is 0 Å². The van der Waals surface area contributed by atoms with Gasteiger partial charge >= 0.3 is 0 Å². The normalized spacial score (nSPS) is 11.1. The molecule has 1 amide bonds. The number of nitrogens with two attached hydrogens (primary N) is 1. The molecule has 4 heteroatoms. The molecule has 2 N–H and O–H groups in total. The van der Waals surface area contributed by atoms with Crippen LogP contribution in [-0.4, -0.2) is 15.5 Å². The van der Waals surface area contributed by atoms with Crippen molar-refractivity contribution in [1.82, 2.24) is 9.55 Å². The van der Waals surface area contributed by atoms with E-state index in [-0.39, 0.29) is 12.5 Å². The number of hydrogen-bond donors (Lipinski definition) is 1. The Hall–Kier alpha value is -2.36. The molecule has 0 radical (unpaired) electrons. The molecule has 0 atom stereocenters. The van der Waals surface area contributed by atoms with Crippen molar-refractivity contribution >= 4 is 27.7 Å². The van der Waals surface area contributed by atoms with Gasteiger partial charge in [-0.2, -0.15) is 0 Å². The smallest absolute Gasteiger partial charge is 0.237 e. The zero-order valence-electron chi connectivity index (χ0n) is 9.13. The molecule has 3 rings (SSSR count). The highest BCUT2D eigenvalue weighted by atomic mass is 16.1. The maximum Gasteiger partial charge on any atom is 0.237 e. The largest absolute Gasteiger partial charge is 0.368 e. The summed E-state index contributed by atoms with van der Waals surface area (Å²) in [5.41, 5.74) is 7.29. The molecule has 4 nitrogen and oxygen atoms in total. The molecule has 0 fully saturated rings. The van der Waals surface area contributed by atoms with E-state index in [2.05, 4.69) is 4.98 Å². The Bertz CT molecular complexity index is 662. The number of carbonyl (C=O) groups is 1. The van der Waals surface area contributed by atoms with E-state index in [1.165, 1.54) is 0 Å². The number of pyridine rings is 1. The zero-order valence-corrected chi connectivity index (χ0v) is 9.13. The minimum atomic E-state index is -0.343. The van der Waals surface area contributed by atoms with Gasteiger partial charge in [0.1, 0.15) is 6.54 Å². The van der Waals surface area contributed by atoms with Crippen LogP contribution in [0.25, 0.3) is 21.8 Å². The molecular formula is C13H11N3O. The highest BCUT2D eigenvalue weighted by Gasteiger charge is 2.10. The molecule has 0 aliphatic heterocycles. The maximum atomic E-state index is 11.1. The summed E-state index contributed by atoms with van der Waals surface area (Å²) in [5.74, 6) is -0.343. The number of amides is 1. The minimum Gasteiger partial charge on any atom is -0.368 e. The van der Waals surface area contributed by atoms with E-state index in [4.69, 9.17) is 5.73 Å². The summed E-state index contributed by atoms with van der Waals surface area (Å²) >= 11 is 0. The van der Waals surface area contributed by atoms with Gasteiger partial charge in [0.2, 0.25) is 5.91 Å². The first-order valence-corrected chi connectivity index (χ1v) is 5.36. The van der Waals surface area contributed by atoms with Crippen LogP contribution in [-0.2, 0) is 11.3 Å². The van der Waals surface area contributed by atoms with Crippen molar-refractivity contribution in [2.75, 3.05) is 0 Å². The molecule has 0 bridgehead atoms.